The number of carbonyl (C=O) groups is 1. The molecule has 0 saturated heterocycles. The van der Waals surface area contributed by atoms with E-state index in [-0.39, 0.29) is 5.91 Å². The summed E-state index contributed by atoms with van der Waals surface area (Å²) in [5, 5.41) is 12.7. The molecule has 0 atom stereocenters. The summed E-state index contributed by atoms with van der Waals surface area (Å²) >= 11 is 0. The van der Waals surface area contributed by atoms with Crippen LogP contribution in [0.1, 0.15) is 34.6 Å². The summed E-state index contributed by atoms with van der Waals surface area (Å²) in [5.74, 6) is 1.91. The quantitative estimate of drug-likeness (QED) is 0.340. The molecule has 0 saturated carbocycles. The first-order chi connectivity index (χ1) is 17.0. The maximum Gasteiger partial charge on any atom is 0.273 e. The van der Waals surface area contributed by atoms with Crippen LogP contribution in [0.25, 0.3) is 23.2 Å². The van der Waals surface area contributed by atoms with Crippen LogP contribution < -0.4 is 10.1 Å². The Morgan fingerprint density at radius 3 is 2.80 bits per heavy atom. The Kier molecular flexibility index (Phi) is 5.88. The van der Waals surface area contributed by atoms with Crippen molar-refractivity contribution < 1.29 is 9.53 Å². The highest BCUT2D eigenvalue weighted by molar-refractivity contribution is 6.03. The van der Waals surface area contributed by atoms with Crippen LogP contribution in [0.3, 0.4) is 0 Å². The number of amides is 1. The Labute approximate surface area is 202 Å². The molecule has 3 heterocycles. The zero-order valence-electron chi connectivity index (χ0n) is 19.7. The Bertz CT molecular complexity index is 1540. The molecule has 0 unspecified atom stereocenters. The van der Waals surface area contributed by atoms with Gasteiger partial charge < -0.3 is 15.0 Å². The lowest BCUT2D eigenvalue weighted by atomic mass is 10.2. The molecular weight excluding hydrogens is 442 g/mol. The fourth-order valence-corrected chi connectivity index (χ4v) is 3.81. The maximum atomic E-state index is 12.8. The van der Waals surface area contributed by atoms with Gasteiger partial charge in [-0.05, 0) is 57.2 Å². The van der Waals surface area contributed by atoms with Crippen LogP contribution in [0.2, 0.25) is 0 Å². The predicted molar refractivity (Wildman–Crippen MR) is 135 cm³/mol. The topological polar surface area (TPSA) is 103 Å². The van der Waals surface area contributed by atoms with Crippen LogP contribution >= 0.6 is 0 Å². The molecule has 1 amide bonds. The Balaban J connectivity index is 1.34. The average Bonchev–Trinajstić information content (AvgIpc) is 3.55. The summed E-state index contributed by atoms with van der Waals surface area (Å²) in [6, 6.07) is 14.9. The fourth-order valence-electron chi connectivity index (χ4n) is 3.81. The molecule has 5 aromatic rings. The monoisotopic (exact) mass is 467 g/mol. The van der Waals surface area contributed by atoms with Crippen molar-refractivity contribution in [2.75, 3.05) is 5.32 Å². The highest BCUT2D eigenvalue weighted by Crippen LogP contribution is 2.28. The lowest BCUT2D eigenvalue weighted by molar-refractivity contribution is 0.101. The van der Waals surface area contributed by atoms with E-state index in [1.165, 1.54) is 0 Å². The summed E-state index contributed by atoms with van der Waals surface area (Å²) in [5.41, 5.74) is 3.69. The normalized spacial score (nSPS) is 11.4. The van der Waals surface area contributed by atoms with Crippen LogP contribution in [0.5, 0.6) is 11.5 Å². The highest BCUT2D eigenvalue weighted by Gasteiger charge is 2.14. The Morgan fingerprint density at radius 1 is 1.14 bits per heavy atom. The van der Waals surface area contributed by atoms with Crippen molar-refractivity contribution in [2.45, 2.75) is 27.3 Å². The summed E-state index contributed by atoms with van der Waals surface area (Å²) in [6.07, 6.45) is 7.40. The van der Waals surface area contributed by atoms with Crippen molar-refractivity contribution in [1.82, 2.24) is 29.5 Å². The standard InChI is InChI=1S/C26H25N7O2/c1-4-32-25(12-17(2)31-32)26(34)30-20-6-5-7-22(13-20)35-23-9-8-19-15-28-33(24(19)14-23)11-10-21-16-27-18(3)29-21/h5-16H,4H2,1-3H3,(H,27,29)(H,30,34). The SMILES string of the molecule is CCn1nc(C)cc1C(=O)Nc1cccc(Oc2ccc3cnn(C=Cc4c[nH]c(C)n4)c3c2)c1. The van der Waals surface area contributed by atoms with E-state index < -0.39 is 0 Å². The van der Waals surface area contributed by atoms with Gasteiger partial charge in [0.25, 0.3) is 5.91 Å². The molecular formula is C26H25N7O2. The molecule has 0 aliphatic carbocycles. The van der Waals surface area contributed by atoms with E-state index in [0.29, 0.717) is 29.4 Å². The van der Waals surface area contributed by atoms with Gasteiger partial charge in [0.15, 0.2) is 0 Å². The van der Waals surface area contributed by atoms with Gasteiger partial charge >= 0.3 is 0 Å². The van der Waals surface area contributed by atoms with Crippen molar-refractivity contribution in [3.05, 3.63) is 83.8 Å². The van der Waals surface area contributed by atoms with Gasteiger partial charge in [0.05, 0.1) is 23.1 Å². The number of nitrogens with zero attached hydrogens (tertiary/aromatic N) is 5. The molecule has 35 heavy (non-hydrogen) atoms. The number of hydrogen-bond acceptors (Lipinski definition) is 5. The smallest absolute Gasteiger partial charge is 0.273 e. The van der Waals surface area contributed by atoms with E-state index in [2.05, 4.69) is 25.5 Å². The maximum absolute atomic E-state index is 12.8. The number of ether oxygens (including phenoxy) is 1. The Hall–Kier alpha value is -4.66. The number of H-pyrrole nitrogens is 1. The predicted octanol–water partition coefficient (Wildman–Crippen LogP) is 5.27. The number of anilines is 1. The number of carbonyl (C=O) groups excluding carboxylic acids is 1. The Morgan fingerprint density at radius 2 is 2.00 bits per heavy atom. The van der Waals surface area contributed by atoms with Gasteiger partial charge in [-0.25, -0.2) is 9.67 Å². The molecule has 0 radical (unpaired) electrons. The number of benzene rings is 2. The molecule has 2 N–H and O–H groups in total. The van der Waals surface area contributed by atoms with Crippen LogP contribution in [0.15, 0.2) is 60.9 Å². The van der Waals surface area contributed by atoms with Gasteiger partial charge in [-0.2, -0.15) is 10.2 Å². The fraction of sp³-hybridized carbons (Fsp3) is 0.154. The van der Waals surface area contributed by atoms with Gasteiger partial charge in [-0.3, -0.25) is 9.48 Å². The molecule has 0 aliphatic heterocycles. The molecule has 0 aliphatic rings. The van der Waals surface area contributed by atoms with Crippen LogP contribution in [-0.4, -0.2) is 35.4 Å². The number of aryl methyl sites for hydroxylation is 3. The third-order valence-corrected chi connectivity index (χ3v) is 5.44. The van der Waals surface area contributed by atoms with Gasteiger partial charge in [0.2, 0.25) is 0 Å². The van der Waals surface area contributed by atoms with Crippen molar-refractivity contribution >= 4 is 34.8 Å². The van der Waals surface area contributed by atoms with Crippen LogP contribution in [-0.2, 0) is 6.54 Å². The third kappa shape index (κ3) is 4.84. The van der Waals surface area contributed by atoms with E-state index in [4.69, 9.17) is 4.74 Å². The van der Waals surface area contributed by atoms with Gasteiger partial charge in [-0.15, -0.1) is 0 Å². The number of hydrogen-bond donors (Lipinski definition) is 2. The zero-order chi connectivity index (χ0) is 24.4. The minimum atomic E-state index is -0.214. The molecule has 9 nitrogen and oxygen atoms in total. The van der Waals surface area contributed by atoms with Crippen molar-refractivity contribution in [3.8, 4) is 11.5 Å². The molecule has 176 valence electrons. The zero-order valence-corrected chi connectivity index (χ0v) is 19.7. The minimum absolute atomic E-state index is 0.214. The van der Waals surface area contributed by atoms with E-state index in [1.807, 2.05) is 75.6 Å². The number of nitrogens with one attached hydrogen (secondary N) is 2. The minimum Gasteiger partial charge on any atom is -0.457 e. The first-order valence-electron chi connectivity index (χ1n) is 11.3. The molecule has 0 fully saturated rings. The molecule has 2 aromatic carbocycles. The second-order valence-electron chi connectivity index (χ2n) is 8.11. The molecule has 3 aromatic heterocycles. The first kappa shape index (κ1) is 22.1. The number of rotatable bonds is 7. The van der Waals surface area contributed by atoms with Gasteiger partial charge in [-0.1, -0.05) is 6.07 Å². The second kappa shape index (κ2) is 9.30. The van der Waals surface area contributed by atoms with Crippen LogP contribution in [0, 0.1) is 13.8 Å². The number of imidazole rings is 1. The number of aromatic nitrogens is 6. The van der Waals surface area contributed by atoms with Gasteiger partial charge in [0.1, 0.15) is 23.0 Å². The van der Waals surface area contributed by atoms with Crippen molar-refractivity contribution in [1.29, 1.82) is 0 Å². The summed E-state index contributed by atoms with van der Waals surface area (Å²) < 4.78 is 9.57. The number of fused-ring (bicyclic) bond motifs is 1. The van der Waals surface area contributed by atoms with E-state index >= 15 is 0 Å². The largest absolute Gasteiger partial charge is 0.457 e. The molecule has 0 spiro atoms. The molecule has 9 heteroatoms. The van der Waals surface area contributed by atoms with E-state index in [1.54, 1.807) is 27.7 Å². The van der Waals surface area contributed by atoms with E-state index in [0.717, 1.165) is 28.1 Å². The van der Waals surface area contributed by atoms with E-state index in [9.17, 15) is 4.79 Å². The summed E-state index contributed by atoms with van der Waals surface area (Å²) in [7, 11) is 0. The lowest BCUT2D eigenvalue weighted by Crippen LogP contribution is -2.17. The third-order valence-electron chi connectivity index (χ3n) is 5.44. The second-order valence-corrected chi connectivity index (χ2v) is 8.11. The summed E-state index contributed by atoms with van der Waals surface area (Å²) in [6.45, 7) is 6.35. The average molecular weight is 468 g/mol. The van der Waals surface area contributed by atoms with Crippen molar-refractivity contribution in [3.63, 3.8) is 0 Å². The first-order valence-corrected chi connectivity index (χ1v) is 11.3. The van der Waals surface area contributed by atoms with Gasteiger partial charge in [0, 0.05) is 42.1 Å². The summed E-state index contributed by atoms with van der Waals surface area (Å²) in [4.78, 5) is 20.2. The van der Waals surface area contributed by atoms with Crippen molar-refractivity contribution in [2.24, 2.45) is 0 Å². The number of aromatic amines is 1. The highest BCUT2D eigenvalue weighted by atomic mass is 16.5. The lowest BCUT2D eigenvalue weighted by Gasteiger charge is -2.10. The molecule has 0 bridgehead atoms. The van der Waals surface area contributed by atoms with Crippen LogP contribution in [0.4, 0.5) is 5.69 Å². The molecule has 5 rings (SSSR count).